The Hall–Kier alpha value is -1.49. The number of likely N-dealkylation sites (tertiary alicyclic amines) is 1. The Morgan fingerprint density at radius 3 is 2.68 bits per heavy atom. The number of rotatable bonds is 6. The smallest absolute Gasteiger partial charge is 0.245 e. The van der Waals surface area contributed by atoms with Gasteiger partial charge in [0, 0.05) is 18.3 Å². The van der Waals surface area contributed by atoms with Crippen LogP contribution in [0.3, 0.4) is 0 Å². The average Bonchev–Trinajstić information content (AvgIpc) is 3.27. The number of aryl methyl sites for hydroxylation is 1. The molecule has 0 spiro atoms. The van der Waals surface area contributed by atoms with Crippen LogP contribution in [0.25, 0.3) is 0 Å². The fourth-order valence-electron chi connectivity index (χ4n) is 2.77. The van der Waals surface area contributed by atoms with Crippen molar-refractivity contribution in [2.45, 2.75) is 44.0 Å². The lowest BCUT2D eigenvalue weighted by molar-refractivity contribution is -0.132. The normalized spacial score (nSPS) is 21.2. The number of nitrogens with zero attached hydrogens (tertiary/aromatic N) is 1. The van der Waals surface area contributed by atoms with E-state index in [1.165, 1.54) is 11.1 Å². The second-order valence-corrected chi connectivity index (χ2v) is 7.14. The summed E-state index contributed by atoms with van der Waals surface area (Å²) in [6.07, 6.45) is 3.00. The summed E-state index contributed by atoms with van der Waals surface area (Å²) >= 11 is 1.59. The van der Waals surface area contributed by atoms with Gasteiger partial charge in [0.2, 0.25) is 11.8 Å². The highest BCUT2D eigenvalue weighted by Crippen LogP contribution is 2.30. The minimum Gasteiger partial charge on any atom is -0.344 e. The van der Waals surface area contributed by atoms with Crippen molar-refractivity contribution in [3.8, 4) is 0 Å². The predicted octanol–water partition coefficient (Wildman–Crippen LogP) is 2.11. The van der Waals surface area contributed by atoms with Gasteiger partial charge in [-0.05, 0) is 31.7 Å². The molecule has 1 saturated carbocycles. The van der Waals surface area contributed by atoms with Crippen LogP contribution in [-0.4, -0.2) is 41.1 Å². The first kappa shape index (κ1) is 15.4. The van der Waals surface area contributed by atoms with Crippen molar-refractivity contribution in [3.05, 3.63) is 35.4 Å². The van der Waals surface area contributed by atoms with E-state index >= 15 is 0 Å². The van der Waals surface area contributed by atoms with Crippen molar-refractivity contribution in [2.24, 2.45) is 0 Å². The Bertz CT molecular complexity index is 554. The molecule has 1 heterocycles. The molecule has 0 bridgehead atoms. The maximum absolute atomic E-state index is 12.2. The van der Waals surface area contributed by atoms with Crippen molar-refractivity contribution < 1.29 is 9.59 Å². The summed E-state index contributed by atoms with van der Waals surface area (Å²) in [6.45, 7) is 2.86. The molecule has 1 aromatic rings. The van der Waals surface area contributed by atoms with Crippen molar-refractivity contribution in [2.75, 3.05) is 12.3 Å². The van der Waals surface area contributed by atoms with Gasteiger partial charge >= 0.3 is 0 Å². The lowest BCUT2D eigenvalue weighted by Gasteiger charge is -2.16. The van der Waals surface area contributed by atoms with E-state index in [1.54, 1.807) is 11.8 Å². The molecule has 2 amide bonds. The van der Waals surface area contributed by atoms with E-state index in [0.29, 0.717) is 11.8 Å². The molecule has 1 aliphatic heterocycles. The standard InChI is InChI=1S/C17H22N2O2S/c1-12-2-4-13(5-3-12)10-22-11-16(20)18-15-8-9-19(17(15)21)14-6-7-14/h2-5,14-15H,6-11H2,1H3,(H,18,20)/t15-/m0/s1. The average molecular weight is 318 g/mol. The van der Waals surface area contributed by atoms with Crippen LogP contribution in [0.1, 0.15) is 30.4 Å². The molecule has 3 rings (SSSR count). The Labute approximate surface area is 135 Å². The summed E-state index contributed by atoms with van der Waals surface area (Å²) < 4.78 is 0. The van der Waals surface area contributed by atoms with Crippen LogP contribution < -0.4 is 5.32 Å². The molecule has 2 aliphatic rings. The summed E-state index contributed by atoms with van der Waals surface area (Å²) in [7, 11) is 0. The van der Waals surface area contributed by atoms with Crippen LogP contribution in [0.4, 0.5) is 0 Å². The summed E-state index contributed by atoms with van der Waals surface area (Å²) in [4.78, 5) is 26.1. The summed E-state index contributed by atoms with van der Waals surface area (Å²) in [5.74, 6) is 1.30. The largest absolute Gasteiger partial charge is 0.344 e. The van der Waals surface area contributed by atoms with Crippen molar-refractivity contribution in [1.82, 2.24) is 10.2 Å². The van der Waals surface area contributed by atoms with E-state index < -0.39 is 0 Å². The van der Waals surface area contributed by atoms with Crippen molar-refractivity contribution >= 4 is 23.6 Å². The van der Waals surface area contributed by atoms with Crippen molar-refractivity contribution in [3.63, 3.8) is 0 Å². The van der Waals surface area contributed by atoms with Crippen LogP contribution in [-0.2, 0) is 15.3 Å². The molecule has 0 unspecified atom stereocenters. The highest BCUT2D eigenvalue weighted by molar-refractivity contribution is 7.99. The van der Waals surface area contributed by atoms with Gasteiger partial charge in [0.15, 0.2) is 0 Å². The van der Waals surface area contributed by atoms with E-state index in [1.807, 2.05) is 4.90 Å². The molecule has 1 saturated heterocycles. The zero-order valence-electron chi connectivity index (χ0n) is 12.9. The lowest BCUT2D eigenvalue weighted by Crippen LogP contribution is -2.42. The fourth-order valence-corrected chi connectivity index (χ4v) is 3.57. The van der Waals surface area contributed by atoms with Crippen LogP contribution in [0.2, 0.25) is 0 Å². The van der Waals surface area contributed by atoms with Crippen LogP contribution in [0.5, 0.6) is 0 Å². The molecule has 0 radical (unpaired) electrons. The van der Waals surface area contributed by atoms with E-state index in [2.05, 4.69) is 36.5 Å². The number of carbonyl (C=O) groups is 2. The number of amides is 2. The van der Waals surface area contributed by atoms with Crippen LogP contribution >= 0.6 is 11.8 Å². The third kappa shape index (κ3) is 3.83. The summed E-state index contributed by atoms with van der Waals surface area (Å²) in [5, 5.41) is 2.89. The molecule has 1 aliphatic carbocycles. The molecule has 5 heteroatoms. The molecule has 118 valence electrons. The van der Waals surface area contributed by atoms with Gasteiger partial charge in [-0.25, -0.2) is 0 Å². The molecular formula is C17H22N2O2S. The minimum atomic E-state index is -0.298. The summed E-state index contributed by atoms with van der Waals surface area (Å²) in [6, 6.07) is 8.50. The third-order valence-electron chi connectivity index (χ3n) is 4.19. The zero-order chi connectivity index (χ0) is 15.5. The van der Waals surface area contributed by atoms with Crippen LogP contribution in [0.15, 0.2) is 24.3 Å². The van der Waals surface area contributed by atoms with Gasteiger partial charge in [0.1, 0.15) is 6.04 Å². The molecule has 1 atom stereocenters. The van der Waals surface area contributed by atoms with Gasteiger partial charge in [-0.2, -0.15) is 0 Å². The van der Waals surface area contributed by atoms with Gasteiger partial charge in [-0.3, -0.25) is 9.59 Å². The van der Waals surface area contributed by atoms with E-state index in [0.717, 1.165) is 31.6 Å². The topological polar surface area (TPSA) is 49.4 Å². The molecule has 1 N–H and O–H groups in total. The monoisotopic (exact) mass is 318 g/mol. The molecule has 0 aromatic heterocycles. The maximum atomic E-state index is 12.2. The van der Waals surface area contributed by atoms with Crippen LogP contribution in [0, 0.1) is 6.92 Å². The zero-order valence-corrected chi connectivity index (χ0v) is 13.7. The quantitative estimate of drug-likeness (QED) is 0.874. The highest BCUT2D eigenvalue weighted by atomic mass is 32.2. The second kappa shape index (κ2) is 6.73. The second-order valence-electron chi connectivity index (χ2n) is 6.15. The maximum Gasteiger partial charge on any atom is 0.245 e. The number of hydrogen-bond acceptors (Lipinski definition) is 3. The number of hydrogen-bond donors (Lipinski definition) is 1. The first-order chi connectivity index (χ1) is 10.6. The molecule has 2 fully saturated rings. The van der Waals surface area contributed by atoms with Gasteiger partial charge in [-0.15, -0.1) is 11.8 Å². The number of nitrogens with one attached hydrogen (secondary N) is 1. The Morgan fingerprint density at radius 1 is 1.27 bits per heavy atom. The van der Waals surface area contributed by atoms with E-state index in [9.17, 15) is 9.59 Å². The molecule has 4 nitrogen and oxygen atoms in total. The Morgan fingerprint density at radius 2 is 2.00 bits per heavy atom. The highest BCUT2D eigenvalue weighted by Gasteiger charge is 2.40. The van der Waals surface area contributed by atoms with Crippen molar-refractivity contribution in [1.29, 1.82) is 0 Å². The molecule has 1 aromatic carbocycles. The first-order valence-electron chi connectivity index (χ1n) is 7.86. The SMILES string of the molecule is Cc1ccc(CSCC(=O)N[C@H]2CCN(C3CC3)C2=O)cc1. The summed E-state index contributed by atoms with van der Waals surface area (Å²) in [5.41, 5.74) is 2.46. The third-order valence-corrected chi connectivity index (χ3v) is 5.19. The van der Waals surface area contributed by atoms with Gasteiger partial charge in [0.05, 0.1) is 5.75 Å². The Balaban J connectivity index is 1.39. The number of thioether (sulfide) groups is 1. The molecule has 22 heavy (non-hydrogen) atoms. The fraction of sp³-hybridized carbons (Fsp3) is 0.529. The molecular weight excluding hydrogens is 296 g/mol. The van der Waals surface area contributed by atoms with Gasteiger partial charge in [-0.1, -0.05) is 29.8 Å². The number of benzene rings is 1. The van der Waals surface area contributed by atoms with E-state index in [-0.39, 0.29) is 17.9 Å². The first-order valence-corrected chi connectivity index (χ1v) is 9.02. The van der Waals surface area contributed by atoms with Gasteiger partial charge in [0.25, 0.3) is 0 Å². The van der Waals surface area contributed by atoms with Gasteiger partial charge < -0.3 is 10.2 Å². The predicted molar refractivity (Wildman–Crippen MR) is 88.6 cm³/mol. The Kier molecular flexibility index (Phi) is 4.71. The lowest BCUT2D eigenvalue weighted by atomic mass is 10.2. The minimum absolute atomic E-state index is 0.0342. The number of carbonyl (C=O) groups excluding carboxylic acids is 2. The van der Waals surface area contributed by atoms with E-state index in [4.69, 9.17) is 0 Å².